The third-order valence-corrected chi connectivity index (χ3v) is 4.88. The zero-order valence-corrected chi connectivity index (χ0v) is 15.9. The number of carbonyl (C=O) groups is 1. The number of allylic oxidation sites excluding steroid dienone is 2. The first kappa shape index (κ1) is 22.1. The van der Waals surface area contributed by atoms with Crippen molar-refractivity contribution in [2.75, 3.05) is 45.9 Å². The van der Waals surface area contributed by atoms with Gasteiger partial charge >= 0.3 is 0 Å². The number of amides is 1. The van der Waals surface area contributed by atoms with Gasteiger partial charge in [-0.25, -0.2) is 0 Å². The molecule has 0 aliphatic heterocycles. The fraction of sp³-hybridized carbons (Fsp3) is 0.842. The predicted octanol–water partition coefficient (Wildman–Crippen LogP) is 3.21. The largest absolute Gasteiger partial charge is 0.391 e. The van der Waals surface area contributed by atoms with E-state index >= 15 is 0 Å². The third-order valence-electron chi connectivity index (χ3n) is 4.88. The second-order valence-corrected chi connectivity index (χ2v) is 6.27. The van der Waals surface area contributed by atoms with Gasteiger partial charge in [0.1, 0.15) is 6.54 Å². The van der Waals surface area contributed by atoms with E-state index < -0.39 is 0 Å². The second kappa shape index (κ2) is 13.6. The molecule has 4 nitrogen and oxygen atoms in total. The lowest BCUT2D eigenvalue weighted by atomic mass is 10.2. The van der Waals surface area contributed by atoms with E-state index in [1.165, 1.54) is 6.42 Å². The number of hydrogen-bond donors (Lipinski definition) is 1. The van der Waals surface area contributed by atoms with E-state index in [1.54, 1.807) is 0 Å². The first-order valence-electron chi connectivity index (χ1n) is 9.47. The van der Waals surface area contributed by atoms with Gasteiger partial charge in [0.05, 0.1) is 32.8 Å². The second-order valence-electron chi connectivity index (χ2n) is 6.27. The number of nitrogens with zero attached hydrogens (tertiary/aromatic N) is 2. The van der Waals surface area contributed by atoms with Gasteiger partial charge in [-0.3, -0.25) is 4.79 Å². The van der Waals surface area contributed by atoms with Crippen LogP contribution in [0.15, 0.2) is 12.2 Å². The van der Waals surface area contributed by atoms with Gasteiger partial charge in [-0.05, 0) is 40.0 Å². The molecule has 0 aliphatic rings. The van der Waals surface area contributed by atoms with Crippen LogP contribution in [-0.2, 0) is 4.79 Å². The average molecular weight is 328 g/mol. The molecule has 0 radical (unpaired) electrons. The number of carbonyl (C=O) groups excluding carboxylic acids is 1. The average Bonchev–Trinajstić information content (AvgIpc) is 2.57. The molecule has 0 rings (SSSR count). The molecule has 23 heavy (non-hydrogen) atoms. The lowest BCUT2D eigenvalue weighted by molar-refractivity contribution is -0.924. The van der Waals surface area contributed by atoms with Crippen molar-refractivity contribution in [3.63, 3.8) is 0 Å². The molecule has 0 aromatic heterocycles. The predicted molar refractivity (Wildman–Crippen MR) is 98.3 cm³/mol. The minimum absolute atomic E-state index is 0.214. The molecular weight excluding hydrogens is 288 g/mol. The Bertz CT molecular complexity index is 325. The van der Waals surface area contributed by atoms with Crippen LogP contribution in [0.1, 0.15) is 59.8 Å². The topological polar surface area (TPSA) is 40.5 Å². The van der Waals surface area contributed by atoms with Crippen LogP contribution in [0, 0.1) is 0 Å². The molecule has 4 heteroatoms. The molecule has 0 saturated heterocycles. The Morgan fingerprint density at radius 2 is 1.70 bits per heavy atom. The van der Waals surface area contributed by atoms with Crippen molar-refractivity contribution >= 4 is 5.91 Å². The Morgan fingerprint density at radius 3 is 2.22 bits per heavy atom. The van der Waals surface area contributed by atoms with Crippen LogP contribution >= 0.6 is 0 Å². The standard InChI is InChI=1S/C19H39N2O2/c1-5-9-10-11-12-13-14-19(23)20(6-2)15-16-21(7-3,8-4)17-18-22/h10-11,22H,5-9,12-18H2,1-4H3/q+1/b11-10+. The Morgan fingerprint density at radius 1 is 1.04 bits per heavy atom. The number of rotatable bonds is 14. The summed E-state index contributed by atoms with van der Waals surface area (Å²) in [5.41, 5.74) is 0. The Labute approximate surface area is 143 Å². The first-order valence-corrected chi connectivity index (χ1v) is 9.47. The number of unbranched alkanes of at least 4 members (excludes halogenated alkanes) is 2. The summed E-state index contributed by atoms with van der Waals surface area (Å²) in [6, 6.07) is 0. The number of quaternary nitrogens is 1. The van der Waals surface area contributed by atoms with E-state index in [0.29, 0.717) is 6.42 Å². The maximum absolute atomic E-state index is 12.4. The summed E-state index contributed by atoms with van der Waals surface area (Å²) in [6.45, 7) is 14.1. The van der Waals surface area contributed by atoms with E-state index in [1.807, 2.05) is 4.90 Å². The highest BCUT2D eigenvalue weighted by molar-refractivity contribution is 5.76. The summed E-state index contributed by atoms with van der Waals surface area (Å²) in [4.78, 5) is 14.3. The van der Waals surface area contributed by atoms with Crippen molar-refractivity contribution in [3.8, 4) is 0 Å². The van der Waals surface area contributed by atoms with Crippen LogP contribution < -0.4 is 0 Å². The van der Waals surface area contributed by atoms with Crippen molar-refractivity contribution in [1.82, 2.24) is 4.90 Å². The van der Waals surface area contributed by atoms with Gasteiger partial charge in [0.2, 0.25) is 5.91 Å². The summed E-state index contributed by atoms with van der Waals surface area (Å²) >= 11 is 0. The Hall–Kier alpha value is -0.870. The van der Waals surface area contributed by atoms with E-state index in [4.69, 9.17) is 0 Å². The Kier molecular flexibility index (Phi) is 13.0. The summed E-state index contributed by atoms with van der Waals surface area (Å²) in [5.74, 6) is 0.269. The summed E-state index contributed by atoms with van der Waals surface area (Å²) < 4.78 is 0.889. The molecule has 0 atom stereocenters. The summed E-state index contributed by atoms with van der Waals surface area (Å²) in [7, 11) is 0. The van der Waals surface area contributed by atoms with Crippen molar-refractivity contribution in [2.24, 2.45) is 0 Å². The van der Waals surface area contributed by atoms with Gasteiger partial charge in [0.15, 0.2) is 0 Å². The monoisotopic (exact) mass is 327 g/mol. The zero-order valence-electron chi connectivity index (χ0n) is 15.9. The maximum atomic E-state index is 12.4. The van der Waals surface area contributed by atoms with E-state index in [2.05, 4.69) is 39.8 Å². The number of hydrogen-bond acceptors (Lipinski definition) is 2. The molecule has 0 aliphatic carbocycles. The molecule has 1 N–H and O–H groups in total. The van der Waals surface area contributed by atoms with Gasteiger partial charge in [0.25, 0.3) is 0 Å². The van der Waals surface area contributed by atoms with Crippen LogP contribution in [0.4, 0.5) is 0 Å². The van der Waals surface area contributed by atoms with Gasteiger partial charge in [-0.2, -0.15) is 0 Å². The molecule has 136 valence electrons. The van der Waals surface area contributed by atoms with E-state index in [-0.39, 0.29) is 12.5 Å². The highest BCUT2D eigenvalue weighted by Gasteiger charge is 2.24. The van der Waals surface area contributed by atoms with Crippen LogP contribution in [0.5, 0.6) is 0 Å². The first-order chi connectivity index (χ1) is 11.1. The molecule has 0 aromatic carbocycles. The smallest absolute Gasteiger partial charge is 0.222 e. The normalized spacial score (nSPS) is 12.0. The molecule has 0 bridgehead atoms. The highest BCUT2D eigenvalue weighted by atomic mass is 16.3. The van der Waals surface area contributed by atoms with Crippen LogP contribution in [0.2, 0.25) is 0 Å². The number of aliphatic hydroxyl groups excluding tert-OH is 1. The van der Waals surface area contributed by atoms with Gasteiger partial charge in [0, 0.05) is 13.0 Å². The zero-order chi connectivity index (χ0) is 17.6. The molecule has 0 fully saturated rings. The van der Waals surface area contributed by atoms with Crippen molar-refractivity contribution in [1.29, 1.82) is 0 Å². The van der Waals surface area contributed by atoms with Crippen LogP contribution in [-0.4, -0.2) is 66.3 Å². The Balaban J connectivity index is 4.28. The van der Waals surface area contributed by atoms with Crippen LogP contribution in [0.25, 0.3) is 0 Å². The molecular formula is C19H39N2O2+. The maximum Gasteiger partial charge on any atom is 0.222 e. The van der Waals surface area contributed by atoms with Gasteiger partial charge in [-0.1, -0.05) is 25.5 Å². The van der Waals surface area contributed by atoms with Crippen molar-refractivity contribution in [3.05, 3.63) is 12.2 Å². The molecule has 0 unspecified atom stereocenters. The quantitative estimate of drug-likeness (QED) is 0.302. The summed E-state index contributed by atoms with van der Waals surface area (Å²) in [6.07, 6.45) is 9.30. The van der Waals surface area contributed by atoms with E-state index in [0.717, 1.165) is 63.0 Å². The SMILES string of the molecule is CCC/C=C/CCCC(=O)N(CC)CC[N+](CC)(CC)CCO. The number of aliphatic hydroxyl groups is 1. The lowest BCUT2D eigenvalue weighted by Crippen LogP contribution is -2.53. The van der Waals surface area contributed by atoms with Crippen molar-refractivity contribution < 1.29 is 14.4 Å². The van der Waals surface area contributed by atoms with Crippen molar-refractivity contribution in [2.45, 2.75) is 59.8 Å². The highest BCUT2D eigenvalue weighted by Crippen LogP contribution is 2.08. The molecule has 0 heterocycles. The fourth-order valence-electron chi connectivity index (χ4n) is 2.90. The van der Waals surface area contributed by atoms with Crippen LogP contribution in [0.3, 0.4) is 0 Å². The fourth-order valence-corrected chi connectivity index (χ4v) is 2.90. The minimum atomic E-state index is 0.214. The molecule has 0 spiro atoms. The molecule has 0 saturated carbocycles. The lowest BCUT2D eigenvalue weighted by Gasteiger charge is -2.38. The van der Waals surface area contributed by atoms with Gasteiger partial charge in [-0.15, -0.1) is 0 Å². The number of likely N-dealkylation sites (N-methyl/N-ethyl adjacent to an activating group) is 2. The van der Waals surface area contributed by atoms with Gasteiger partial charge < -0.3 is 14.5 Å². The molecule has 1 amide bonds. The van der Waals surface area contributed by atoms with E-state index in [9.17, 15) is 9.90 Å². The molecule has 0 aromatic rings. The summed E-state index contributed by atoms with van der Waals surface area (Å²) in [5, 5.41) is 9.30. The third kappa shape index (κ3) is 9.11. The minimum Gasteiger partial charge on any atom is -0.391 e.